The normalized spacial score (nSPS) is 10.4. The molecule has 0 fully saturated rings. The highest BCUT2D eigenvalue weighted by molar-refractivity contribution is 7.03. The first-order valence-electron chi connectivity index (χ1n) is 13.1. The molecule has 1 aromatic rings. The molecule has 2 N–H and O–H groups in total. The van der Waals surface area contributed by atoms with Crippen molar-refractivity contribution in [3.63, 3.8) is 0 Å². The van der Waals surface area contributed by atoms with Gasteiger partial charge in [0.1, 0.15) is 0 Å². The largest absolute Gasteiger partial charge is 0.320 e. The van der Waals surface area contributed by atoms with Crippen LogP contribution in [0.5, 0.6) is 0 Å². The maximum atomic E-state index is 10.0. The van der Waals surface area contributed by atoms with E-state index in [2.05, 4.69) is 23.7 Å². The van der Waals surface area contributed by atoms with Crippen LogP contribution in [-0.2, 0) is 0 Å². The van der Waals surface area contributed by atoms with E-state index >= 15 is 0 Å². The number of hydrogen-bond donors (Lipinski definition) is 2. The van der Waals surface area contributed by atoms with Gasteiger partial charge in [0.25, 0.3) is 5.56 Å². The maximum Gasteiger partial charge on any atom is 0.257 e. The van der Waals surface area contributed by atoms with Gasteiger partial charge in [-0.25, -0.2) is 0 Å². The molecule has 186 valence electrons. The lowest BCUT2D eigenvalue weighted by Crippen LogP contribution is -2.06. The van der Waals surface area contributed by atoms with E-state index in [1.165, 1.54) is 153 Å². The van der Waals surface area contributed by atoms with E-state index in [1.54, 1.807) is 5.38 Å². The molecule has 5 heteroatoms. The molecule has 0 bridgehead atoms. The molecule has 0 aliphatic heterocycles. The topological polar surface area (TPSA) is 44.9 Å². The molecule has 1 heterocycles. The van der Waals surface area contributed by atoms with E-state index < -0.39 is 0 Å². The Morgan fingerprint density at radius 3 is 1.26 bits per heavy atom. The Morgan fingerprint density at radius 2 is 1.03 bits per heavy atom. The predicted octanol–water partition coefficient (Wildman–Crippen LogP) is 8.89. The van der Waals surface area contributed by atoms with Gasteiger partial charge in [0.05, 0.1) is 0 Å². The minimum atomic E-state index is -0.0139. The molecule has 1 rings (SSSR count). The fourth-order valence-electron chi connectivity index (χ4n) is 3.78. The Morgan fingerprint density at radius 1 is 0.677 bits per heavy atom. The van der Waals surface area contributed by atoms with Gasteiger partial charge < -0.3 is 5.32 Å². The summed E-state index contributed by atoms with van der Waals surface area (Å²) in [7, 11) is 2.05. The number of hydrogen-bond acceptors (Lipinski definition) is 3. The van der Waals surface area contributed by atoms with Crippen LogP contribution in [0.15, 0.2) is 16.2 Å². The third-order valence-corrected chi connectivity index (χ3v) is 6.32. The summed E-state index contributed by atoms with van der Waals surface area (Å²) in [6, 6.07) is 1.49. The highest BCUT2D eigenvalue weighted by Gasteiger charge is 1.95. The zero-order chi connectivity index (χ0) is 22.0. The zero-order valence-electron chi connectivity index (χ0n) is 20.7. The van der Waals surface area contributed by atoms with Crippen LogP contribution in [0.1, 0.15) is 135 Å². The van der Waals surface area contributed by atoms with Crippen molar-refractivity contribution >= 4 is 23.9 Å². The average Bonchev–Trinajstić information content (AvgIpc) is 3.24. The van der Waals surface area contributed by atoms with Crippen LogP contribution < -0.4 is 10.9 Å². The third kappa shape index (κ3) is 29.7. The molecular formula is C26H53ClN2OS. The second-order valence-corrected chi connectivity index (χ2v) is 9.42. The number of nitrogens with one attached hydrogen (secondary N) is 2. The first-order chi connectivity index (χ1) is 14.8. The molecule has 0 saturated carbocycles. The number of unbranched alkanes of at least 4 members (excludes halogenated alkanes) is 19. The average molecular weight is 477 g/mol. The summed E-state index contributed by atoms with van der Waals surface area (Å²) in [4.78, 5) is 10.0. The molecule has 1 aromatic heterocycles. The molecule has 0 aliphatic carbocycles. The Kier molecular flexibility index (Phi) is 31.5. The van der Waals surface area contributed by atoms with Crippen molar-refractivity contribution in [2.75, 3.05) is 13.6 Å². The lowest BCUT2D eigenvalue weighted by Gasteiger charge is -2.04. The Bertz CT molecular complexity index is 426. The lowest BCUT2D eigenvalue weighted by atomic mass is 10.0. The van der Waals surface area contributed by atoms with Gasteiger partial charge in [0.2, 0.25) is 0 Å². The molecule has 0 atom stereocenters. The molecule has 0 aromatic carbocycles. The van der Waals surface area contributed by atoms with Gasteiger partial charge >= 0.3 is 0 Å². The smallest absolute Gasteiger partial charge is 0.257 e. The van der Waals surface area contributed by atoms with Gasteiger partial charge in [-0.2, -0.15) is 0 Å². The first-order valence-corrected chi connectivity index (χ1v) is 14.0. The summed E-state index contributed by atoms with van der Waals surface area (Å²) in [6.45, 7) is 3.49. The first kappa shape index (κ1) is 32.9. The standard InChI is InChI=1S/C23H49N.C3H3NOS.ClH/c1-3-4-5-6-7-8-9-10-11-12-13-14-15-16-17-18-19-20-21-22-23-24-2;5-3-1-2-6-4-3;/h24H,3-23H2,1-2H3;1-2H,(H,4,5);1H. The number of aromatic amines is 1. The highest BCUT2D eigenvalue weighted by Crippen LogP contribution is 2.14. The zero-order valence-corrected chi connectivity index (χ0v) is 22.4. The summed E-state index contributed by atoms with van der Waals surface area (Å²) < 4.78 is 2.49. The van der Waals surface area contributed by atoms with Crippen LogP contribution in [0.2, 0.25) is 0 Å². The lowest BCUT2D eigenvalue weighted by molar-refractivity contribution is 0.521. The van der Waals surface area contributed by atoms with Crippen LogP contribution in [0.4, 0.5) is 0 Å². The van der Waals surface area contributed by atoms with Gasteiger partial charge in [-0.3, -0.25) is 9.17 Å². The van der Waals surface area contributed by atoms with E-state index in [0.29, 0.717) is 0 Å². The van der Waals surface area contributed by atoms with E-state index in [0.717, 1.165) is 0 Å². The van der Waals surface area contributed by atoms with Gasteiger partial charge in [0, 0.05) is 11.4 Å². The van der Waals surface area contributed by atoms with E-state index in [4.69, 9.17) is 0 Å². The molecule has 0 radical (unpaired) electrons. The second-order valence-electron chi connectivity index (χ2n) is 8.71. The molecule has 0 spiro atoms. The van der Waals surface area contributed by atoms with Crippen molar-refractivity contribution in [2.24, 2.45) is 0 Å². The van der Waals surface area contributed by atoms with Crippen LogP contribution >= 0.6 is 23.9 Å². The fraction of sp³-hybridized carbons (Fsp3) is 0.885. The molecule has 0 unspecified atom stereocenters. The second kappa shape index (κ2) is 29.7. The van der Waals surface area contributed by atoms with Crippen molar-refractivity contribution in [1.29, 1.82) is 0 Å². The summed E-state index contributed by atoms with van der Waals surface area (Å²) in [5, 5.41) is 4.94. The monoisotopic (exact) mass is 476 g/mol. The van der Waals surface area contributed by atoms with Crippen LogP contribution in [-0.4, -0.2) is 18.0 Å². The molecule has 0 saturated heterocycles. The molecule has 0 amide bonds. The van der Waals surface area contributed by atoms with Gasteiger partial charge in [-0.05, 0) is 20.0 Å². The van der Waals surface area contributed by atoms with Crippen LogP contribution in [0.25, 0.3) is 0 Å². The summed E-state index contributed by atoms with van der Waals surface area (Å²) in [6.07, 6.45) is 29.2. The Balaban J connectivity index is 0. The number of rotatable bonds is 21. The molecule has 3 nitrogen and oxygen atoms in total. The maximum absolute atomic E-state index is 10.0. The van der Waals surface area contributed by atoms with Crippen molar-refractivity contribution in [3.05, 3.63) is 21.8 Å². The Labute approximate surface area is 204 Å². The van der Waals surface area contributed by atoms with Crippen LogP contribution in [0, 0.1) is 0 Å². The number of H-pyrrole nitrogens is 1. The fourth-order valence-corrected chi connectivity index (χ4v) is 4.22. The van der Waals surface area contributed by atoms with Crippen molar-refractivity contribution in [3.8, 4) is 0 Å². The van der Waals surface area contributed by atoms with E-state index in [9.17, 15) is 4.79 Å². The Hall–Kier alpha value is -0.320. The van der Waals surface area contributed by atoms with Crippen molar-refractivity contribution < 1.29 is 0 Å². The summed E-state index contributed by atoms with van der Waals surface area (Å²) in [5.74, 6) is 0. The van der Waals surface area contributed by atoms with E-state index in [-0.39, 0.29) is 18.0 Å². The minimum Gasteiger partial charge on any atom is -0.320 e. The summed E-state index contributed by atoms with van der Waals surface area (Å²) in [5.41, 5.74) is -0.0139. The predicted molar refractivity (Wildman–Crippen MR) is 144 cm³/mol. The van der Waals surface area contributed by atoms with Crippen molar-refractivity contribution in [2.45, 2.75) is 135 Å². The quantitative estimate of drug-likeness (QED) is 0.174. The van der Waals surface area contributed by atoms with Crippen molar-refractivity contribution in [1.82, 2.24) is 9.69 Å². The van der Waals surface area contributed by atoms with Gasteiger partial charge in [-0.15, -0.1) is 12.4 Å². The van der Waals surface area contributed by atoms with Gasteiger partial charge in [0.15, 0.2) is 0 Å². The number of halogens is 1. The van der Waals surface area contributed by atoms with E-state index in [1.807, 2.05) is 0 Å². The number of aromatic nitrogens is 1. The third-order valence-electron chi connectivity index (χ3n) is 5.73. The molecule has 0 aliphatic rings. The minimum absolute atomic E-state index is 0. The molecular weight excluding hydrogens is 424 g/mol. The highest BCUT2D eigenvalue weighted by atomic mass is 35.5. The summed E-state index contributed by atoms with van der Waals surface area (Å²) >= 11 is 1.30. The van der Waals surface area contributed by atoms with Crippen LogP contribution in [0.3, 0.4) is 0 Å². The molecule has 31 heavy (non-hydrogen) atoms. The van der Waals surface area contributed by atoms with Gasteiger partial charge in [-0.1, -0.05) is 140 Å². The SMILES string of the molecule is CCCCCCCCCCCCCCCCCCCCCCNC.Cl.O=c1ccs[nH]1.